The standard InChI is InChI=1S/C11H20O2/c1-9(2)7-10(12)8-11(13-3)5-4-6-11/h7,10,12H,4-6,8H2,1-3H3. The molecule has 76 valence electrons. The van der Waals surface area contributed by atoms with Crippen molar-refractivity contribution in [1.82, 2.24) is 0 Å². The summed E-state index contributed by atoms with van der Waals surface area (Å²) in [5, 5.41) is 9.69. The maximum atomic E-state index is 9.69. The molecule has 2 nitrogen and oxygen atoms in total. The van der Waals surface area contributed by atoms with Gasteiger partial charge in [-0.15, -0.1) is 0 Å². The Kier molecular flexibility index (Phi) is 3.51. The highest BCUT2D eigenvalue weighted by atomic mass is 16.5. The van der Waals surface area contributed by atoms with E-state index in [9.17, 15) is 5.11 Å². The zero-order valence-electron chi connectivity index (χ0n) is 8.84. The van der Waals surface area contributed by atoms with Crippen molar-refractivity contribution < 1.29 is 9.84 Å². The molecule has 1 aliphatic carbocycles. The molecular weight excluding hydrogens is 164 g/mol. The van der Waals surface area contributed by atoms with Crippen molar-refractivity contribution in [2.24, 2.45) is 0 Å². The smallest absolute Gasteiger partial charge is 0.0750 e. The number of ether oxygens (including phenoxy) is 1. The Balaban J connectivity index is 2.42. The highest BCUT2D eigenvalue weighted by Crippen LogP contribution is 2.39. The van der Waals surface area contributed by atoms with Gasteiger partial charge in [-0.3, -0.25) is 0 Å². The first-order valence-electron chi connectivity index (χ1n) is 4.96. The fourth-order valence-electron chi connectivity index (χ4n) is 1.89. The summed E-state index contributed by atoms with van der Waals surface area (Å²) >= 11 is 0. The van der Waals surface area contributed by atoms with Crippen molar-refractivity contribution in [3.05, 3.63) is 11.6 Å². The van der Waals surface area contributed by atoms with Gasteiger partial charge in [0, 0.05) is 13.5 Å². The molecule has 1 rings (SSSR count). The molecule has 1 atom stereocenters. The van der Waals surface area contributed by atoms with E-state index in [2.05, 4.69) is 0 Å². The Labute approximate surface area is 80.6 Å². The Hall–Kier alpha value is -0.340. The van der Waals surface area contributed by atoms with Gasteiger partial charge in [0.1, 0.15) is 0 Å². The van der Waals surface area contributed by atoms with Gasteiger partial charge in [0.25, 0.3) is 0 Å². The first-order valence-corrected chi connectivity index (χ1v) is 4.96. The molecular formula is C11H20O2. The van der Waals surface area contributed by atoms with E-state index >= 15 is 0 Å². The number of aliphatic hydroxyl groups is 1. The predicted octanol–water partition coefficient (Wildman–Crippen LogP) is 2.27. The number of hydrogen-bond donors (Lipinski definition) is 1. The minimum absolute atomic E-state index is 0.0225. The van der Waals surface area contributed by atoms with Crippen LogP contribution in [0, 0.1) is 0 Å². The van der Waals surface area contributed by atoms with E-state index in [1.807, 2.05) is 19.9 Å². The summed E-state index contributed by atoms with van der Waals surface area (Å²) in [6, 6.07) is 0. The van der Waals surface area contributed by atoms with E-state index in [-0.39, 0.29) is 11.7 Å². The summed E-state index contributed by atoms with van der Waals surface area (Å²) in [5.74, 6) is 0. The van der Waals surface area contributed by atoms with Crippen LogP contribution < -0.4 is 0 Å². The van der Waals surface area contributed by atoms with Crippen LogP contribution in [-0.4, -0.2) is 23.9 Å². The Morgan fingerprint density at radius 2 is 2.15 bits per heavy atom. The molecule has 0 aliphatic heterocycles. The molecule has 0 spiro atoms. The summed E-state index contributed by atoms with van der Waals surface area (Å²) in [6.45, 7) is 4.01. The average molecular weight is 184 g/mol. The van der Waals surface area contributed by atoms with Crippen molar-refractivity contribution >= 4 is 0 Å². The Bertz CT molecular complexity index is 183. The second-order valence-corrected chi connectivity index (χ2v) is 4.26. The molecule has 2 heteroatoms. The Morgan fingerprint density at radius 1 is 1.54 bits per heavy atom. The molecule has 0 amide bonds. The summed E-state index contributed by atoms with van der Waals surface area (Å²) in [4.78, 5) is 0. The molecule has 1 aliphatic rings. The first-order chi connectivity index (χ1) is 6.08. The number of rotatable bonds is 4. The normalized spacial score (nSPS) is 21.8. The lowest BCUT2D eigenvalue weighted by atomic mass is 9.76. The largest absolute Gasteiger partial charge is 0.389 e. The van der Waals surface area contributed by atoms with E-state index in [4.69, 9.17) is 4.74 Å². The fourth-order valence-corrected chi connectivity index (χ4v) is 1.89. The van der Waals surface area contributed by atoms with Crippen LogP contribution in [0.5, 0.6) is 0 Å². The van der Waals surface area contributed by atoms with Gasteiger partial charge in [0.15, 0.2) is 0 Å². The minimum atomic E-state index is -0.342. The first kappa shape index (κ1) is 10.7. The molecule has 0 radical (unpaired) electrons. The van der Waals surface area contributed by atoms with Gasteiger partial charge in [0.05, 0.1) is 11.7 Å². The van der Waals surface area contributed by atoms with Gasteiger partial charge >= 0.3 is 0 Å². The maximum absolute atomic E-state index is 9.69. The van der Waals surface area contributed by atoms with E-state index in [1.165, 1.54) is 6.42 Å². The van der Waals surface area contributed by atoms with E-state index < -0.39 is 0 Å². The highest BCUT2D eigenvalue weighted by molar-refractivity contribution is 5.02. The van der Waals surface area contributed by atoms with Crippen LogP contribution in [0.4, 0.5) is 0 Å². The van der Waals surface area contributed by atoms with Gasteiger partial charge in [-0.05, 0) is 33.1 Å². The quantitative estimate of drug-likeness (QED) is 0.679. The monoisotopic (exact) mass is 184 g/mol. The van der Waals surface area contributed by atoms with Crippen LogP contribution in [0.2, 0.25) is 0 Å². The topological polar surface area (TPSA) is 29.5 Å². The molecule has 0 bridgehead atoms. The van der Waals surface area contributed by atoms with Crippen LogP contribution in [0.1, 0.15) is 39.5 Å². The number of aliphatic hydroxyl groups excluding tert-OH is 1. The van der Waals surface area contributed by atoms with Crippen molar-refractivity contribution in [3.8, 4) is 0 Å². The molecule has 0 aromatic carbocycles. The van der Waals surface area contributed by atoms with Crippen molar-refractivity contribution in [2.75, 3.05) is 7.11 Å². The lowest BCUT2D eigenvalue weighted by Gasteiger charge is -2.41. The summed E-state index contributed by atoms with van der Waals surface area (Å²) in [6.07, 6.45) is 5.72. The minimum Gasteiger partial charge on any atom is -0.389 e. The summed E-state index contributed by atoms with van der Waals surface area (Å²) in [5.41, 5.74) is 1.14. The summed E-state index contributed by atoms with van der Waals surface area (Å²) in [7, 11) is 1.74. The number of allylic oxidation sites excluding steroid dienone is 1. The van der Waals surface area contributed by atoms with Crippen LogP contribution in [0.15, 0.2) is 11.6 Å². The average Bonchev–Trinajstić information content (AvgIpc) is 1.95. The van der Waals surface area contributed by atoms with Gasteiger partial charge in [-0.1, -0.05) is 11.6 Å². The molecule has 0 aromatic heterocycles. The van der Waals surface area contributed by atoms with Crippen LogP contribution in [-0.2, 0) is 4.74 Å². The zero-order chi connectivity index (χ0) is 9.90. The molecule has 0 aromatic rings. The fraction of sp³-hybridized carbons (Fsp3) is 0.818. The van der Waals surface area contributed by atoms with Crippen LogP contribution >= 0.6 is 0 Å². The second-order valence-electron chi connectivity index (χ2n) is 4.26. The molecule has 1 N–H and O–H groups in total. The molecule has 1 fully saturated rings. The lowest BCUT2D eigenvalue weighted by Crippen LogP contribution is -2.41. The van der Waals surface area contributed by atoms with Gasteiger partial charge in [-0.2, -0.15) is 0 Å². The van der Waals surface area contributed by atoms with Gasteiger partial charge in [0.2, 0.25) is 0 Å². The lowest BCUT2D eigenvalue weighted by molar-refractivity contribution is -0.0933. The van der Waals surface area contributed by atoms with E-state index in [1.54, 1.807) is 7.11 Å². The predicted molar refractivity (Wildman–Crippen MR) is 53.6 cm³/mol. The third-order valence-corrected chi connectivity index (χ3v) is 2.80. The van der Waals surface area contributed by atoms with Crippen LogP contribution in [0.25, 0.3) is 0 Å². The molecule has 0 heterocycles. The third kappa shape index (κ3) is 2.82. The zero-order valence-corrected chi connectivity index (χ0v) is 8.84. The Morgan fingerprint density at radius 3 is 2.46 bits per heavy atom. The maximum Gasteiger partial charge on any atom is 0.0750 e. The van der Waals surface area contributed by atoms with Crippen LogP contribution in [0.3, 0.4) is 0 Å². The highest BCUT2D eigenvalue weighted by Gasteiger charge is 2.38. The third-order valence-electron chi connectivity index (χ3n) is 2.80. The molecule has 1 saturated carbocycles. The molecule has 0 saturated heterocycles. The van der Waals surface area contributed by atoms with Gasteiger partial charge in [-0.25, -0.2) is 0 Å². The number of hydrogen-bond acceptors (Lipinski definition) is 2. The van der Waals surface area contributed by atoms with Crippen molar-refractivity contribution in [3.63, 3.8) is 0 Å². The van der Waals surface area contributed by atoms with E-state index in [0.29, 0.717) is 0 Å². The van der Waals surface area contributed by atoms with E-state index in [0.717, 1.165) is 24.8 Å². The number of methoxy groups -OCH3 is 1. The van der Waals surface area contributed by atoms with Crippen molar-refractivity contribution in [1.29, 1.82) is 0 Å². The van der Waals surface area contributed by atoms with Gasteiger partial charge < -0.3 is 9.84 Å². The molecule has 1 unspecified atom stereocenters. The SMILES string of the molecule is COC1(CC(O)C=C(C)C)CCC1. The second kappa shape index (κ2) is 4.25. The molecule has 13 heavy (non-hydrogen) atoms. The van der Waals surface area contributed by atoms with Crippen molar-refractivity contribution in [2.45, 2.75) is 51.2 Å². The summed E-state index contributed by atoms with van der Waals surface area (Å²) < 4.78 is 5.44.